The van der Waals surface area contributed by atoms with Crippen LogP contribution in [0.15, 0.2) is 36.5 Å². The van der Waals surface area contributed by atoms with Crippen molar-refractivity contribution in [2.45, 2.75) is 13.1 Å². The van der Waals surface area contributed by atoms with Crippen molar-refractivity contribution in [3.05, 3.63) is 48.0 Å². The molecule has 26 heavy (non-hydrogen) atoms. The van der Waals surface area contributed by atoms with E-state index in [0.717, 1.165) is 10.7 Å². The van der Waals surface area contributed by atoms with Gasteiger partial charge < -0.3 is 9.64 Å². The topological polar surface area (TPSA) is 64.4 Å². The number of carbonyl (C=O) groups is 2. The van der Waals surface area contributed by atoms with Gasteiger partial charge in [-0.1, -0.05) is 6.07 Å². The Morgan fingerprint density at radius 3 is 2.62 bits per heavy atom. The third-order valence-corrected chi connectivity index (χ3v) is 3.16. The van der Waals surface area contributed by atoms with E-state index >= 15 is 0 Å². The van der Waals surface area contributed by atoms with E-state index < -0.39 is 37.0 Å². The first-order valence-electron chi connectivity index (χ1n) is 7.53. The summed E-state index contributed by atoms with van der Waals surface area (Å²) in [5.74, 6) is -2.59. The maximum atomic E-state index is 13.3. The van der Waals surface area contributed by atoms with Crippen molar-refractivity contribution in [2.75, 3.05) is 19.7 Å². The number of aromatic nitrogens is 2. The molecular weight excluding hydrogens is 358 g/mol. The van der Waals surface area contributed by atoms with Crippen molar-refractivity contribution in [2.24, 2.45) is 0 Å². The van der Waals surface area contributed by atoms with Crippen molar-refractivity contribution in [1.82, 2.24) is 14.7 Å². The molecule has 0 aliphatic rings. The average Bonchev–Trinajstić information content (AvgIpc) is 3.02. The van der Waals surface area contributed by atoms with E-state index in [9.17, 15) is 27.2 Å². The van der Waals surface area contributed by atoms with Gasteiger partial charge in [-0.05, 0) is 31.2 Å². The minimum atomic E-state index is -4.70. The van der Waals surface area contributed by atoms with Crippen molar-refractivity contribution < 1.29 is 31.9 Å². The SMILES string of the molecule is CCOC(=O)CN(CC(F)(F)F)C(=O)c1ccn(-c2cccc(F)c2)n1. The van der Waals surface area contributed by atoms with Crippen molar-refractivity contribution >= 4 is 11.9 Å². The standard InChI is InChI=1S/C16H15F4N3O3/c1-2-26-14(24)9-22(10-16(18,19)20)15(25)13-6-7-23(21-13)12-5-3-4-11(17)8-12/h3-8H,2,9-10H2,1H3. The Morgan fingerprint density at radius 2 is 2.00 bits per heavy atom. The van der Waals surface area contributed by atoms with Crippen LogP contribution in [0.3, 0.4) is 0 Å². The molecule has 1 aromatic carbocycles. The Bertz CT molecular complexity index is 789. The molecule has 140 valence electrons. The molecular formula is C16H15F4N3O3. The van der Waals surface area contributed by atoms with Crippen LogP contribution in [0, 0.1) is 5.82 Å². The van der Waals surface area contributed by atoms with Crippen molar-refractivity contribution in [3.8, 4) is 5.69 Å². The molecule has 0 atom stereocenters. The largest absolute Gasteiger partial charge is 0.465 e. The number of alkyl halides is 3. The van der Waals surface area contributed by atoms with Gasteiger partial charge in [0.2, 0.25) is 0 Å². The highest BCUT2D eigenvalue weighted by molar-refractivity contribution is 5.94. The van der Waals surface area contributed by atoms with E-state index in [1.54, 1.807) is 0 Å². The Morgan fingerprint density at radius 1 is 1.27 bits per heavy atom. The molecule has 0 aliphatic carbocycles. The highest BCUT2D eigenvalue weighted by Gasteiger charge is 2.35. The van der Waals surface area contributed by atoms with Gasteiger partial charge >= 0.3 is 12.1 Å². The Balaban J connectivity index is 2.23. The predicted molar refractivity (Wildman–Crippen MR) is 82.1 cm³/mol. The van der Waals surface area contributed by atoms with Gasteiger partial charge in [-0.25, -0.2) is 9.07 Å². The molecule has 0 saturated carbocycles. The summed E-state index contributed by atoms with van der Waals surface area (Å²) in [4.78, 5) is 24.1. The van der Waals surface area contributed by atoms with Crippen LogP contribution in [-0.2, 0) is 9.53 Å². The van der Waals surface area contributed by atoms with Crippen LogP contribution in [-0.4, -0.2) is 52.4 Å². The fourth-order valence-electron chi connectivity index (χ4n) is 2.14. The van der Waals surface area contributed by atoms with Gasteiger partial charge in [0.05, 0.1) is 12.3 Å². The second-order valence-corrected chi connectivity index (χ2v) is 5.21. The van der Waals surface area contributed by atoms with E-state index in [-0.39, 0.29) is 18.0 Å². The zero-order chi connectivity index (χ0) is 19.3. The minimum Gasteiger partial charge on any atom is -0.465 e. The molecule has 0 spiro atoms. The van der Waals surface area contributed by atoms with E-state index in [2.05, 4.69) is 9.84 Å². The highest BCUT2D eigenvalue weighted by atomic mass is 19.4. The van der Waals surface area contributed by atoms with Gasteiger partial charge in [0.25, 0.3) is 5.91 Å². The lowest BCUT2D eigenvalue weighted by Crippen LogP contribution is -2.42. The van der Waals surface area contributed by atoms with E-state index in [4.69, 9.17) is 0 Å². The Kier molecular flexibility index (Phi) is 5.96. The summed E-state index contributed by atoms with van der Waals surface area (Å²) in [5, 5.41) is 3.87. The van der Waals surface area contributed by atoms with Gasteiger partial charge in [-0.3, -0.25) is 9.59 Å². The van der Waals surface area contributed by atoms with Crippen molar-refractivity contribution in [1.29, 1.82) is 0 Å². The molecule has 2 aromatic rings. The molecule has 2 rings (SSSR count). The highest BCUT2D eigenvalue weighted by Crippen LogP contribution is 2.18. The quantitative estimate of drug-likeness (QED) is 0.577. The number of amides is 1. The molecule has 1 amide bonds. The van der Waals surface area contributed by atoms with Crippen LogP contribution >= 0.6 is 0 Å². The molecule has 0 unspecified atom stereocenters. The monoisotopic (exact) mass is 373 g/mol. The van der Waals surface area contributed by atoms with Crippen LogP contribution in [0.5, 0.6) is 0 Å². The first kappa shape index (κ1) is 19.4. The summed E-state index contributed by atoms with van der Waals surface area (Å²) in [6.07, 6.45) is -3.40. The van der Waals surface area contributed by atoms with Crippen LogP contribution in [0.2, 0.25) is 0 Å². The predicted octanol–water partition coefficient (Wildman–Crippen LogP) is 2.58. The molecule has 10 heteroatoms. The summed E-state index contributed by atoms with van der Waals surface area (Å²) >= 11 is 0. The molecule has 0 fully saturated rings. The molecule has 0 radical (unpaired) electrons. The lowest BCUT2D eigenvalue weighted by atomic mass is 10.3. The Labute approximate surface area is 146 Å². The molecule has 1 aromatic heterocycles. The zero-order valence-electron chi connectivity index (χ0n) is 13.7. The van der Waals surface area contributed by atoms with Crippen LogP contribution in [0.4, 0.5) is 17.6 Å². The normalized spacial score (nSPS) is 11.3. The molecule has 0 aliphatic heterocycles. The average molecular weight is 373 g/mol. The second kappa shape index (κ2) is 7.98. The number of hydrogen-bond acceptors (Lipinski definition) is 4. The number of hydrogen-bond donors (Lipinski definition) is 0. The van der Waals surface area contributed by atoms with Crippen LogP contribution in [0.25, 0.3) is 5.69 Å². The molecule has 0 saturated heterocycles. The number of nitrogens with zero attached hydrogens (tertiary/aromatic N) is 3. The summed E-state index contributed by atoms with van der Waals surface area (Å²) in [5.41, 5.74) is -0.0281. The summed E-state index contributed by atoms with van der Waals surface area (Å²) in [6, 6.07) is 6.47. The summed E-state index contributed by atoms with van der Waals surface area (Å²) in [6.45, 7) is -1.02. The van der Waals surface area contributed by atoms with Crippen LogP contribution in [0.1, 0.15) is 17.4 Å². The van der Waals surface area contributed by atoms with E-state index in [1.807, 2.05) is 0 Å². The van der Waals surface area contributed by atoms with Gasteiger partial charge in [0, 0.05) is 6.20 Å². The number of esters is 1. The lowest BCUT2D eigenvalue weighted by molar-refractivity contribution is -0.153. The second-order valence-electron chi connectivity index (χ2n) is 5.21. The molecule has 1 heterocycles. The fourth-order valence-corrected chi connectivity index (χ4v) is 2.14. The third kappa shape index (κ3) is 5.30. The first-order valence-corrected chi connectivity index (χ1v) is 7.53. The number of rotatable bonds is 6. The summed E-state index contributed by atoms with van der Waals surface area (Å²) in [7, 11) is 0. The van der Waals surface area contributed by atoms with Gasteiger partial charge in [-0.15, -0.1) is 0 Å². The van der Waals surface area contributed by atoms with Gasteiger partial charge in [-0.2, -0.15) is 18.3 Å². The van der Waals surface area contributed by atoms with Crippen molar-refractivity contribution in [3.63, 3.8) is 0 Å². The van der Waals surface area contributed by atoms with E-state index in [0.29, 0.717) is 4.90 Å². The van der Waals surface area contributed by atoms with Crippen LogP contribution < -0.4 is 0 Å². The Hall–Kier alpha value is -2.91. The maximum absolute atomic E-state index is 13.3. The summed E-state index contributed by atoms with van der Waals surface area (Å²) < 4.78 is 57.2. The fraction of sp³-hybridized carbons (Fsp3) is 0.312. The first-order chi connectivity index (χ1) is 12.2. The van der Waals surface area contributed by atoms with Gasteiger partial charge in [0.1, 0.15) is 18.9 Å². The smallest absolute Gasteiger partial charge is 0.406 e. The minimum absolute atomic E-state index is 0.0267. The van der Waals surface area contributed by atoms with E-state index in [1.165, 1.54) is 37.4 Å². The lowest BCUT2D eigenvalue weighted by Gasteiger charge is -2.22. The number of carbonyl (C=O) groups excluding carboxylic acids is 2. The number of benzene rings is 1. The molecule has 0 bridgehead atoms. The number of halogens is 4. The molecule has 6 nitrogen and oxygen atoms in total. The molecule has 0 N–H and O–H groups in total. The zero-order valence-corrected chi connectivity index (χ0v) is 13.7. The third-order valence-electron chi connectivity index (χ3n) is 3.16. The number of ether oxygens (including phenoxy) is 1. The van der Waals surface area contributed by atoms with Gasteiger partial charge in [0.15, 0.2) is 5.69 Å². The maximum Gasteiger partial charge on any atom is 0.406 e.